The van der Waals surface area contributed by atoms with Gasteiger partial charge in [0.15, 0.2) is 0 Å². The molecule has 1 rings (SSSR count). The first-order valence-electron chi connectivity index (χ1n) is 3.85. The molecule has 0 aromatic heterocycles. The van der Waals surface area contributed by atoms with E-state index < -0.39 is 13.0 Å². The Kier molecular flexibility index (Phi) is 3.35. The molecule has 1 aromatic carbocycles. The van der Waals surface area contributed by atoms with Gasteiger partial charge in [0.25, 0.3) is 0 Å². The lowest BCUT2D eigenvalue weighted by Crippen LogP contribution is -2.13. The second-order valence-corrected chi connectivity index (χ2v) is 2.55. The van der Waals surface area contributed by atoms with Crippen molar-refractivity contribution < 1.29 is 22.6 Å². The zero-order valence-corrected chi connectivity index (χ0v) is 7.47. The highest BCUT2D eigenvalue weighted by Crippen LogP contribution is 2.23. The van der Waals surface area contributed by atoms with Crippen molar-refractivity contribution in [3.8, 4) is 5.75 Å². The van der Waals surface area contributed by atoms with Crippen LogP contribution in [0.25, 0.3) is 0 Å². The maximum Gasteiger partial charge on any atom is 0.522 e. The summed E-state index contributed by atoms with van der Waals surface area (Å²) in [5, 5.41) is 0. The van der Waals surface area contributed by atoms with Crippen LogP contribution in [-0.2, 0) is 11.3 Å². The molecule has 0 bridgehead atoms. The maximum absolute atomic E-state index is 11.7. The third kappa shape index (κ3) is 3.26. The van der Waals surface area contributed by atoms with E-state index in [4.69, 9.17) is 4.74 Å². The van der Waals surface area contributed by atoms with Gasteiger partial charge in [0, 0.05) is 5.56 Å². The minimum absolute atomic E-state index is 0.368. The topological polar surface area (TPSA) is 18.5 Å². The van der Waals surface area contributed by atoms with Crippen molar-refractivity contribution >= 4 is 0 Å². The number of hydrogen-bond acceptors (Lipinski definition) is 2. The molecule has 14 heavy (non-hydrogen) atoms. The van der Waals surface area contributed by atoms with E-state index >= 15 is 0 Å². The monoisotopic (exact) mass is 206 g/mol. The lowest BCUT2D eigenvalue weighted by molar-refractivity contribution is -0.330. The van der Waals surface area contributed by atoms with Crippen molar-refractivity contribution in [1.82, 2.24) is 0 Å². The predicted octanol–water partition coefficient (Wildman–Crippen LogP) is 2.73. The highest BCUT2D eigenvalue weighted by molar-refractivity contribution is 5.32. The highest BCUT2D eigenvalue weighted by atomic mass is 19.4. The Labute approximate surface area is 79.2 Å². The number of benzene rings is 1. The smallest absolute Gasteiger partial charge is 0.496 e. The van der Waals surface area contributed by atoms with E-state index in [-0.39, 0.29) is 0 Å². The summed E-state index contributed by atoms with van der Waals surface area (Å²) in [6.07, 6.45) is -4.61. The molecule has 0 aliphatic rings. The van der Waals surface area contributed by atoms with Gasteiger partial charge in [-0.25, -0.2) is 0 Å². The standard InChI is InChI=1S/C9H9F3O2/c1-13-8-5-3-2-4-7(8)6-14-9(10,11)12/h2-5H,6H2,1H3. The van der Waals surface area contributed by atoms with E-state index in [0.717, 1.165) is 0 Å². The van der Waals surface area contributed by atoms with E-state index in [1.807, 2.05) is 0 Å². The van der Waals surface area contributed by atoms with Crippen molar-refractivity contribution in [1.29, 1.82) is 0 Å². The van der Waals surface area contributed by atoms with Crippen molar-refractivity contribution in [2.24, 2.45) is 0 Å². The summed E-state index contributed by atoms with van der Waals surface area (Å²) in [6, 6.07) is 6.40. The molecule has 5 heteroatoms. The number of para-hydroxylation sites is 1. The lowest BCUT2D eigenvalue weighted by atomic mass is 10.2. The molecule has 78 valence electrons. The summed E-state index contributed by atoms with van der Waals surface area (Å²) >= 11 is 0. The number of alkyl halides is 3. The minimum atomic E-state index is -4.61. The Hall–Kier alpha value is -1.23. The van der Waals surface area contributed by atoms with Crippen LogP contribution in [0.3, 0.4) is 0 Å². The molecule has 0 atom stereocenters. The third-order valence-electron chi connectivity index (χ3n) is 1.58. The van der Waals surface area contributed by atoms with Crippen molar-refractivity contribution in [2.45, 2.75) is 13.0 Å². The molecule has 0 unspecified atom stereocenters. The zero-order chi connectivity index (χ0) is 10.6. The van der Waals surface area contributed by atoms with Crippen LogP contribution in [-0.4, -0.2) is 13.5 Å². The molecule has 0 N–H and O–H groups in total. The van der Waals surface area contributed by atoms with E-state index in [1.54, 1.807) is 18.2 Å². The SMILES string of the molecule is COc1ccccc1COC(F)(F)F. The van der Waals surface area contributed by atoms with Crippen LogP contribution >= 0.6 is 0 Å². The molecule has 0 aliphatic heterocycles. The summed E-state index contributed by atoms with van der Waals surface area (Å²) in [6.45, 7) is -0.534. The second kappa shape index (κ2) is 4.32. The predicted molar refractivity (Wildman–Crippen MR) is 43.8 cm³/mol. The molecule has 1 aromatic rings. The molecule has 0 saturated carbocycles. The first-order chi connectivity index (χ1) is 6.53. The van der Waals surface area contributed by atoms with Crippen LogP contribution in [0.4, 0.5) is 13.2 Å². The van der Waals surface area contributed by atoms with Gasteiger partial charge in [-0.05, 0) is 6.07 Å². The normalized spacial score (nSPS) is 11.4. The average molecular weight is 206 g/mol. The van der Waals surface area contributed by atoms with Gasteiger partial charge in [0.05, 0.1) is 13.7 Å². The first kappa shape index (κ1) is 10.8. The zero-order valence-electron chi connectivity index (χ0n) is 7.47. The van der Waals surface area contributed by atoms with Gasteiger partial charge < -0.3 is 4.74 Å². The largest absolute Gasteiger partial charge is 0.522 e. The molecule has 0 fully saturated rings. The van der Waals surface area contributed by atoms with Gasteiger partial charge in [-0.1, -0.05) is 18.2 Å². The number of methoxy groups -OCH3 is 1. The van der Waals surface area contributed by atoms with Gasteiger partial charge in [0.2, 0.25) is 0 Å². The fraction of sp³-hybridized carbons (Fsp3) is 0.333. The van der Waals surface area contributed by atoms with Gasteiger partial charge >= 0.3 is 6.36 Å². The first-order valence-corrected chi connectivity index (χ1v) is 3.85. The highest BCUT2D eigenvalue weighted by Gasteiger charge is 2.29. The number of halogens is 3. The lowest BCUT2D eigenvalue weighted by Gasteiger charge is -2.10. The fourth-order valence-corrected chi connectivity index (χ4v) is 0.982. The summed E-state index contributed by atoms with van der Waals surface area (Å²) in [5.74, 6) is 0.386. The van der Waals surface area contributed by atoms with E-state index in [9.17, 15) is 13.2 Å². The van der Waals surface area contributed by atoms with Gasteiger partial charge in [-0.2, -0.15) is 0 Å². The van der Waals surface area contributed by atoms with Gasteiger partial charge in [-0.3, -0.25) is 4.74 Å². The van der Waals surface area contributed by atoms with Crippen molar-refractivity contribution in [2.75, 3.05) is 7.11 Å². The van der Waals surface area contributed by atoms with Crippen LogP contribution in [0.1, 0.15) is 5.56 Å². The molecule has 0 spiro atoms. The van der Waals surface area contributed by atoms with Crippen molar-refractivity contribution in [3.05, 3.63) is 29.8 Å². The molecular formula is C9H9F3O2. The Bertz CT molecular complexity index is 296. The fourth-order valence-electron chi connectivity index (χ4n) is 0.982. The van der Waals surface area contributed by atoms with E-state index in [2.05, 4.69) is 4.74 Å². The van der Waals surface area contributed by atoms with Crippen LogP contribution in [0.15, 0.2) is 24.3 Å². The Morgan fingerprint density at radius 1 is 1.21 bits per heavy atom. The van der Waals surface area contributed by atoms with E-state index in [0.29, 0.717) is 11.3 Å². The average Bonchev–Trinajstić information content (AvgIpc) is 2.14. The maximum atomic E-state index is 11.7. The summed E-state index contributed by atoms with van der Waals surface area (Å²) < 4.78 is 43.7. The quantitative estimate of drug-likeness (QED) is 0.757. The second-order valence-electron chi connectivity index (χ2n) is 2.55. The Morgan fingerprint density at radius 2 is 1.86 bits per heavy atom. The molecule has 0 aliphatic carbocycles. The molecular weight excluding hydrogens is 197 g/mol. The van der Waals surface area contributed by atoms with Crippen molar-refractivity contribution in [3.63, 3.8) is 0 Å². The Morgan fingerprint density at radius 3 is 2.43 bits per heavy atom. The van der Waals surface area contributed by atoms with Gasteiger partial charge in [-0.15, -0.1) is 13.2 Å². The summed E-state index contributed by atoms with van der Waals surface area (Å²) in [5.41, 5.74) is 0.368. The molecule has 0 radical (unpaired) electrons. The number of hydrogen-bond donors (Lipinski definition) is 0. The third-order valence-corrected chi connectivity index (χ3v) is 1.58. The molecule has 0 amide bonds. The molecule has 0 saturated heterocycles. The Balaban J connectivity index is 2.67. The number of rotatable bonds is 3. The van der Waals surface area contributed by atoms with Crippen LogP contribution in [0, 0.1) is 0 Å². The van der Waals surface area contributed by atoms with Crippen LogP contribution in [0.5, 0.6) is 5.75 Å². The van der Waals surface area contributed by atoms with Gasteiger partial charge in [0.1, 0.15) is 5.75 Å². The summed E-state index contributed by atoms with van der Waals surface area (Å²) in [7, 11) is 1.40. The number of ether oxygens (including phenoxy) is 2. The minimum Gasteiger partial charge on any atom is -0.496 e. The van der Waals surface area contributed by atoms with Crippen LogP contribution in [0.2, 0.25) is 0 Å². The summed E-state index contributed by atoms with van der Waals surface area (Å²) in [4.78, 5) is 0. The molecule has 0 heterocycles. The van der Waals surface area contributed by atoms with Crippen LogP contribution < -0.4 is 4.74 Å². The van der Waals surface area contributed by atoms with E-state index in [1.165, 1.54) is 13.2 Å². The molecule has 2 nitrogen and oxygen atoms in total.